The number of aromatic nitrogens is 1. The Morgan fingerprint density at radius 1 is 1.11 bits per heavy atom. The Bertz CT molecular complexity index is 1060. The fourth-order valence-electron chi connectivity index (χ4n) is 3.06. The molecule has 0 fully saturated rings. The zero-order valence-corrected chi connectivity index (χ0v) is 16.8. The maximum atomic E-state index is 12.4. The number of aliphatic imine (C=N–C) groups is 1. The lowest BCUT2D eigenvalue weighted by Gasteiger charge is -2.07. The molecule has 0 saturated carbocycles. The van der Waals surface area contributed by atoms with E-state index in [2.05, 4.69) is 31.2 Å². The van der Waals surface area contributed by atoms with Crippen molar-refractivity contribution in [1.29, 1.82) is 0 Å². The van der Waals surface area contributed by atoms with Crippen LogP contribution >= 0.6 is 27.5 Å². The highest BCUT2D eigenvalue weighted by molar-refractivity contribution is 9.10. The van der Waals surface area contributed by atoms with Gasteiger partial charge in [0.2, 0.25) is 0 Å². The van der Waals surface area contributed by atoms with Crippen LogP contribution in [0, 0.1) is 6.92 Å². The van der Waals surface area contributed by atoms with Gasteiger partial charge in [-0.05, 0) is 76.3 Å². The van der Waals surface area contributed by atoms with E-state index in [1.807, 2.05) is 49.4 Å². The van der Waals surface area contributed by atoms with Gasteiger partial charge in [0.05, 0.1) is 16.4 Å². The molecule has 4 rings (SSSR count). The molecule has 0 aliphatic carbocycles. The summed E-state index contributed by atoms with van der Waals surface area (Å²) in [6, 6.07) is 13.7. The van der Waals surface area contributed by atoms with E-state index in [1.54, 1.807) is 12.4 Å². The van der Waals surface area contributed by atoms with E-state index in [9.17, 15) is 4.79 Å². The number of benzene rings is 2. The average molecular weight is 441 g/mol. The molecule has 6 heteroatoms. The molecule has 1 amide bonds. The van der Waals surface area contributed by atoms with E-state index in [0.29, 0.717) is 10.7 Å². The first-order chi connectivity index (χ1) is 13.0. The van der Waals surface area contributed by atoms with Crippen molar-refractivity contribution in [3.63, 3.8) is 0 Å². The number of hydrogen-bond donors (Lipinski definition) is 1. The number of carbonyl (C=O) groups is 1. The molecular weight excluding hydrogens is 426 g/mol. The molecule has 1 aromatic heterocycles. The topological polar surface area (TPSA) is 54.4 Å². The lowest BCUT2D eigenvalue weighted by molar-refractivity contribution is -0.110. The fraction of sp³-hybridized carbons (Fsp3) is 0.0952. The van der Waals surface area contributed by atoms with Crippen LogP contribution in [0.2, 0.25) is 5.02 Å². The molecule has 2 aromatic carbocycles. The third-order valence-corrected chi connectivity index (χ3v) is 5.84. The molecule has 27 heavy (non-hydrogen) atoms. The Morgan fingerprint density at radius 2 is 1.78 bits per heavy atom. The Hall–Kier alpha value is -2.50. The maximum Gasteiger partial charge on any atom is 0.275 e. The van der Waals surface area contributed by atoms with Crippen molar-refractivity contribution in [1.82, 2.24) is 4.98 Å². The highest BCUT2D eigenvalue weighted by atomic mass is 79.9. The summed E-state index contributed by atoms with van der Waals surface area (Å²) in [4.78, 5) is 21.0. The Labute approximate surface area is 170 Å². The van der Waals surface area contributed by atoms with Crippen molar-refractivity contribution in [2.75, 3.05) is 5.32 Å². The van der Waals surface area contributed by atoms with Crippen LogP contribution in [0.15, 0.2) is 64.3 Å². The minimum absolute atomic E-state index is 0.219. The van der Waals surface area contributed by atoms with Crippen molar-refractivity contribution < 1.29 is 4.79 Å². The van der Waals surface area contributed by atoms with Crippen molar-refractivity contribution in [2.24, 2.45) is 4.99 Å². The molecule has 0 bridgehead atoms. The molecule has 4 nitrogen and oxygen atoms in total. The quantitative estimate of drug-likeness (QED) is 0.587. The van der Waals surface area contributed by atoms with Crippen LogP contribution in [0.25, 0.3) is 0 Å². The van der Waals surface area contributed by atoms with E-state index in [4.69, 9.17) is 11.6 Å². The zero-order chi connectivity index (χ0) is 19.0. The van der Waals surface area contributed by atoms with Crippen LogP contribution in [0.1, 0.15) is 22.3 Å². The third kappa shape index (κ3) is 3.53. The SMILES string of the molecule is Cc1c(Cl)c(Br)cc2c1NC(=O)C2=Nc1ccc(Cc2ccncc2)cc1. The van der Waals surface area contributed by atoms with E-state index >= 15 is 0 Å². The molecule has 0 spiro atoms. The van der Waals surface area contributed by atoms with Gasteiger partial charge in [-0.15, -0.1) is 0 Å². The van der Waals surface area contributed by atoms with Gasteiger partial charge in [0, 0.05) is 22.4 Å². The summed E-state index contributed by atoms with van der Waals surface area (Å²) >= 11 is 9.70. The van der Waals surface area contributed by atoms with Crippen LogP contribution in [0.3, 0.4) is 0 Å². The lowest BCUT2D eigenvalue weighted by Crippen LogP contribution is -2.14. The highest BCUT2D eigenvalue weighted by Gasteiger charge is 2.29. The van der Waals surface area contributed by atoms with Gasteiger partial charge >= 0.3 is 0 Å². The largest absolute Gasteiger partial charge is 0.320 e. The molecule has 3 aromatic rings. The second-order valence-electron chi connectivity index (χ2n) is 6.33. The van der Waals surface area contributed by atoms with Gasteiger partial charge in [-0.2, -0.15) is 0 Å². The number of nitrogens with one attached hydrogen (secondary N) is 1. The molecule has 1 aliphatic heterocycles. The van der Waals surface area contributed by atoms with Gasteiger partial charge in [-0.3, -0.25) is 9.78 Å². The number of anilines is 1. The molecule has 0 atom stereocenters. The molecule has 0 unspecified atom stereocenters. The van der Waals surface area contributed by atoms with Crippen molar-refractivity contribution >= 4 is 50.5 Å². The average Bonchev–Trinajstić information content (AvgIpc) is 2.98. The van der Waals surface area contributed by atoms with E-state index < -0.39 is 0 Å². The summed E-state index contributed by atoms with van der Waals surface area (Å²) in [6.07, 6.45) is 4.41. The number of hydrogen-bond acceptors (Lipinski definition) is 3. The number of nitrogens with zero attached hydrogens (tertiary/aromatic N) is 2. The second kappa shape index (κ2) is 7.25. The summed E-state index contributed by atoms with van der Waals surface area (Å²) in [5, 5.41) is 3.46. The number of carbonyl (C=O) groups excluding carboxylic acids is 1. The van der Waals surface area contributed by atoms with Gasteiger partial charge in [-0.25, -0.2) is 4.99 Å². The number of fused-ring (bicyclic) bond motifs is 1. The monoisotopic (exact) mass is 439 g/mol. The first-order valence-corrected chi connectivity index (χ1v) is 9.57. The van der Waals surface area contributed by atoms with Gasteiger partial charge in [0.25, 0.3) is 5.91 Å². The number of rotatable bonds is 3. The van der Waals surface area contributed by atoms with Gasteiger partial charge in [-0.1, -0.05) is 23.7 Å². The molecule has 134 valence electrons. The van der Waals surface area contributed by atoms with Gasteiger partial charge in [0.1, 0.15) is 5.71 Å². The standard InChI is InChI=1S/C21H15BrClN3O/c1-12-18(23)17(22)11-16-19(12)26-21(27)20(16)25-15-4-2-13(3-5-15)10-14-6-8-24-9-7-14/h2-9,11H,10H2,1H3,(H,25,26,27). The van der Waals surface area contributed by atoms with Crippen LogP contribution < -0.4 is 5.32 Å². The predicted octanol–water partition coefficient (Wildman–Crippen LogP) is 5.47. The summed E-state index contributed by atoms with van der Waals surface area (Å²) in [6.45, 7) is 1.88. The minimum atomic E-state index is -0.219. The maximum absolute atomic E-state index is 12.4. The minimum Gasteiger partial charge on any atom is -0.320 e. The lowest BCUT2D eigenvalue weighted by atomic mass is 10.1. The Balaban J connectivity index is 1.64. The molecule has 0 saturated heterocycles. The van der Waals surface area contributed by atoms with Crippen LogP contribution in [0.4, 0.5) is 11.4 Å². The van der Waals surface area contributed by atoms with Crippen molar-refractivity contribution in [3.8, 4) is 0 Å². The predicted molar refractivity (Wildman–Crippen MR) is 112 cm³/mol. The number of amides is 1. The second-order valence-corrected chi connectivity index (χ2v) is 7.57. The smallest absolute Gasteiger partial charge is 0.275 e. The molecule has 0 radical (unpaired) electrons. The Morgan fingerprint density at radius 3 is 2.48 bits per heavy atom. The number of pyridine rings is 1. The van der Waals surface area contributed by atoms with Crippen molar-refractivity contribution in [3.05, 3.63) is 86.6 Å². The molecule has 1 aliphatic rings. The van der Waals surface area contributed by atoms with E-state index in [0.717, 1.165) is 33.4 Å². The van der Waals surface area contributed by atoms with Crippen molar-refractivity contribution in [2.45, 2.75) is 13.3 Å². The molecule has 1 N–H and O–H groups in total. The fourth-order valence-corrected chi connectivity index (χ4v) is 3.74. The highest BCUT2D eigenvalue weighted by Crippen LogP contribution is 2.38. The Kier molecular flexibility index (Phi) is 4.81. The van der Waals surface area contributed by atoms with Crippen LogP contribution in [0.5, 0.6) is 0 Å². The third-order valence-electron chi connectivity index (χ3n) is 4.50. The van der Waals surface area contributed by atoms with Gasteiger partial charge < -0.3 is 5.32 Å². The summed E-state index contributed by atoms with van der Waals surface area (Å²) in [5.74, 6) is -0.219. The molecular formula is C21H15BrClN3O. The number of halogens is 2. The van der Waals surface area contributed by atoms with E-state index in [-0.39, 0.29) is 5.91 Å². The summed E-state index contributed by atoms with van der Waals surface area (Å²) in [7, 11) is 0. The first kappa shape index (κ1) is 17.9. The van der Waals surface area contributed by atoms with Crippen LogP contribution in [-0.2, 0) is 11.2 Å². The normalized spacial score (nSPS) is 14.3. The zero-order valence-electron chi connectivity index (χ0n) is 14.5. The summed E-state index contributed by atoms with van der Waals surface area (Å²) < 4.78 is 0.748. The van der Waals surface area contributed by atoms with Crippen LogP contribution in [-0.4, -0.2) is 16.6 Å². The van der Waals surface area contributed by atoms with Gasteiger partial charge in [0.15, 0.2) is 0 Å². The summed E-state index contributed by atoms with van der Waals surface area (Å²) in [5.41, 5.74) is 5.81. The molecule has 2 heterocycles. The van der Waals surface area contributed by atoms with E-state index in [1.165, 1.54) is 11.1 Å². The first-order valence-electron chi connectivity index (χ1n) is 8.40.